The highest BCUT2D eigenvalue weighted by Crippen LogP contribution is 2.43. The van der Waals surface area contributed by atoms with Crippen molar-refractivity contribution in [3.8, 4) is 0 Å². The number of carbonyl (C=O) groups excluding carboxylic acids is 1. The summed E-state index contributed by atoms with van der Waals surface area (Å²) >= 11 is 5.98. The summed E-state index contributed by atoms with van der Waals surface area (Å²) in [7, 11) is 0. The van der Waals surface area contributed by atoms with Gasteiger partial charge in [-0.15, -0.1) is 0 Å². The maximum Gasteiger partial charge on any atom is 0.221 e. The smallest absolute Gasteiger partial charge is 0.221 e. The van der Waals surface area contributed by atoms with Crippen molar-refractivity contribution in [3.63, 3.8) is 0 Å². The molecule has 0 heterocycles. The predicted octanol–water partition coefficient (Wildman–Crippen LogP) is 3.97. The molecule has 0 saturated heterocycles. The molecule has 2 aromatic carbocycles. The molecule has 4 heteroatoms. The normalized spacial score (nSPS) is 16.9. The van der Waals surface area contributed by atoms with Gasteiger partial charge < -0.3 is 11.1 Å². The zero-order valence-electron chi connectivity index (χ0n) is 13.7. The maximum atomic E-state index is 12.3. The Bertz CT molecular complexity index is 681. The van der Waals surface area contributed by atoms with Crippen LogP contribution in [0.2, 0.25) is 5.02 Å². The van der Waals surface area contributed by atoms with E-state index >= 15 is 0 Å². The lowest BCUT2D eigenvalue weighted by Gasteiger charge is -2.42. The highest BCUT2D eigenvalue weighted by molar-refractivity contribution is 6.30. The standard InChI is InChI=1S/C20H23ClN2O/c21-17-9-7-16(8-10-17)20(11-4-12-20)14-23-19(24)13-18(22)15-5-2-1-3-6-15/h1-3,5-10,18H,4,11-14,22H2,(H,23,24). The highest BCUT2D eigenvalue weighted by atomic mass is 35.5. The van der Waals surface area contributed by atoms with E-state index in [1.54, 1.807) is 0 Å². The topological polar surface area (TPSA) is 55.1 Å². The Kier molecular flexibility index (Phi) is 5.22. The molecule has 2 aromatic rings. The van der Waals surface area contributed by atoms with Crippen molar-refractivity contribution < 1.29 is 4.79 Å². The Morgan fingerprint density at radius 1 is 1.12 bits per heavy atom. The summed E-state index contributed by atoms with van der Waals surface area (Å²) in [6, 6.07) is 17.5. The fraction of sp³-hybridized carbons (Fsp3) is 0.350. The second kappa shape index (κ2) is 7.37. The Hall–Kier alpha value is -1.84. The lowest BCUT2D eigenvalue weighted by molar-refractivity contribution is -0.121. The average Bonchev–Trinajstić information content (AvgIpc) is 2.56. The van der Waals surface area contributed by atoms with Gasteiger partial charge in [-0.3, -0.25) is 4.79 Å². The van der Waals surface area contributed by atoms with Crippen molar-refractivity contribution in [2.45, 2.75) is 37.1 Å². The zero-order chi connectivity index (χ0) is 17.0. The van der Waals surface area contributed by atoms with E-state index in [9.17, 15) is 4.79 Å². The Balaban J connectivity index is 1.57. The summed E-state index contributed by atoms with van der Waals surface area (Å²) in [6.07, 6.45) is 3.70. The molecule has 1 saturated carbocycles. The molecule has 3 N–H and O–H groups in total. The quantitative estimate of drug-likeness (QED) is 0.834. The van der Waals surface area contributed by atoms with Crippen molar-refractivity contribution in [1.29, 1.82) is 0 Å². The van der Waals surface area contributed by atoms with Gasteiger partial charge in [0.15, 0.2) is 0 Å². The van der Waals surface area contributed by atoms with Crippen LogP contribution >= 0.6 is 11.6 Å². The molecule has 1 aliphatic rings. The number of carbonyl (C=O) groups is 1. The predicted molar refractivity (Wildman–Crippen MR) is 98.0 cm³/mol. The van der Waals surface area contributed by atoms with Crippen LogP contribution in [0.4, 0.5) is 0 Å². The second-order valence-corrected chi connectivity index (χ2v) is 7.08. The van der Waals surface area contributed by atoms with Crippen molar-refractivity contribution >= 4 is 17.5 Å². The largest absolute Gasteiger partial charge is 0.355 e. The molecule has 1 unspecified atom stereocenters. The zero-order valence-corrected chi connectivity index (χ0v) is 14.4. The van der Waals surface area contributed by atoms with Gasteiger partial charge in [0.05, 0.1) is 0 Å². The number of nitrogens with two attached hydrogens (primary N) is 1. The van der Waals surface area contributed by atoms with E-state index in [1.807, 2.05) is 42.5 Å². The molecule has 24 heavy (non-hydrogen) atoms. The molecule has 1 fully saturated rings. The van der Waals surface area contributed by atoms with Gasteiger partial charge in [0.25, 0.3) is 0 Å². The van der Waals surface area contributed by atoms with E-state index in [2.05, 4.69) is 17.4 Å². The number of halogens is 1. The van der Waals surface area contributed by atoms with Gasteiger partial charge in [0.2, 0.25) is 5.91 Å². The fourth-order valence-corrected chi connectivity index (χ4v) is 3.46. The van der Waals surface area contributed by atoms with Crippen LogP contribution < -0.4 is 11.1 Å². The highest BCUT2D eigenvalue weighted by Gasteiger charge is 2.38. The molecule has 0 aliphatic heterocycles. The molecule has 3 rings (SSSR count). The van der Waals surface area contributed by atoms with Crippen LogP contribution in [0.3, 0.4) is 0 Å². The van der Waals surface area contributed by atoms with Gasteiger partial charge in [-0.1, -0.05) is 60.5 Å². The molecule has 1 aliphatic carbocycles. The van der Waals surface area contributed by atoms with Gasteiger partial charge in [0.1, 0.15) is 0 Å². The van der Waals surface area contributed by atoms with Crippen LogP contribution in [0.15, 0.2) is 54.6 Å². The van der Waals surface area contributed by atoms with Crippen molar-refractivity contribution in [1.82, 2.24) is 5.32 Å². The van der Waals surface area contributed by atoms with Crippen molar-refractivity contribution in [3.05, 3.63) is 70.7 Å². The molecule has 0 spiro atoms. The average molecular weight is 343 g/mol. The minimum Gasteiger partial charge on any atom is -0.355 e. The molecule has 0 bridgehead atoms. The Morgan fingerprint density at radius 2 is 1.79 bits per heavy atom. The summed E-state index contributed by atoms with van der Waals surface area (Å²) in [5.74, 6) is 0.00610. The molecular weight excluding hydrogens is 320 g/mol. The van der Waals surface area contributed by atoms with Gasteiger partial charge >= 0.3 is 0 Å². The van der Waals surface area contributed by atoms with E-state index in [-0.39, 0.29) is 17.4 Å². The van der Waals surface area contributed by atoms with Crippen LogP contribution in [0, 0.1) is 0 Å². The lowest BCUT2D eigenvalue weighted by atomic mass is 9.64. The number of rotatable bonds is 6. The van der Waals surface area contributed by atoms with E-state index in [4.69, 9.17) is 17.3 Å². The molecule has 3 nitrogen and oxygen atoms in total. The van der Waals surface area contributed by atoms with E-state index in [0.29, 0.717) is 13.0 Å². The molecular formula is C20H23ClN2O. The number of amides is 1. The van der Waals surface area contributed by atoms with Crippen LogP contribution in [-0.4, -0.2) is 12.5 Å². The van der Waals surface area contributed by atoms with Gasteiger partial charge in [0, 0.05) is 29.4 Å². The third-order valence-electron chi connectivity index (χ3n) is 5.02. The third kappa shape index (κ3) is 3.80. The molecule has 1 atom stereocenters. The first-order valence-corrected chi connectivity index (χ1v) is 8.80. The van der Waals surface area contributed by atoms with Gasteiger partial charge in [-0.2, -0.15) is 0 Å². The van der Waals surface area contributed by atoms with Crippen molar-refractivity contribution in [2.75, 3.05) is 6.54 Å². The van der Waals surface area contributed by atoms with Crippen LogP contribution in [0.1, 0.15) is 42.9 Å². The molecule has 1 amide bonds. The number of hydrogen-bond donors (Lipinski definition) is 2. The van der Waals surface area contributed by atoms with Crippen LogP contribution in [-0.2, 0) is 10.2 Å². The first-order valence-electron chi connectivity index (χ1n) is 8.42. The SMILES string of the molecule is NC(CC(=O)NCC1(c2ccc(Cl)cc2)CCC1)c1ccccc1. The number of hydrogen-bond acceptors (Lipinski definition) is 2. The lowest BCUT2D eigenvalue weighted by Crippen LogP contribution is -2.46. The fourth-order valence-electron chi connectivity index (χ4n) is 3.33. The summed E-state index contributed by atoms with van der Waals surface area (Å²) in [5.41, 5.74) is 8.43. The van der Waals surface area contributed by atoms with E-state index < -0.39 is 0 Å². The summed E-state index contributed by atoms with van der Waals surface area (Å²) < 4.78 is 0. The number of nitrogens with one attached hydrogen (secondary N) is 1. The Labute approximate surface area is 148 Å². The second-order valence-electron chi connectivity index (χ2n) is 6.64. The minimum atomic E-state index is -0.265. The monoisotopic (exact) mass is 342 g/mol. The van der Waals surface area contributed by atoms with Crippen LogP contribution in [0.25, 0.3) is 0 Å². The van der Waals surface area contributed by atoms with E-state index in [1.165, 1.54) is 12.0 Å². The summed E-state index contributed by atoms with van der Waals surface area (Å²) in [5, 5.41) is 3.83. The minimum absolute atomic E-state index is 0.00610. The number of benzene rings is 2. The van der Waals surface area contributed by atoms with Gasteiger partial charge in [-0.25, -0.2) is 0 Å². The summed E-state index contributed by atoms with van der Waals surface area (Å²) in [4.78, 5) is 12.3. The van der Waals surface area contributed by atoms with E-state index in [0.717, 1.165) is 23.4 Å². The summed E-state index contributed by atoms with van der Waals surface area (Å²) in [6.45, 7) is 0.662. The van der Waals surface area contributed by atoms with Gasteiger partial charge in [-0.05, 0) is 36.1 Å². The first-order chi connectivity index (χ1) is 11.6. The Morgan fingerprint density at radius 3 is 2.38 bits per heavy atom. The first kappa shape index (κ1) is 17.0. The molecule has 0 radical (unpaired) electrons. The molecule has 0 aromatic heterocycles. The van der Waals surface area contributed by atoms with Crippen molar-refractivity contribution in [2.24, 2.45) is 5.73 Å². The molecule has 126 valence electrons. The maximum absolute atomic E-state index is 12.3. The van der Waals surface area contributed by atoms with Crippen LogP contribution in [0.5, 0.6) is 0 Å². The third-order valence-corrected chi connectivity index (χ3v) is 5.28.